The number of aliphatic hydroxyl groups excluding tert-OH is 2. The summed E-state index contributed by atoms with van der Waals surface area (Å²) in [5, 5.41) is 27.8. The van der Waals surface area contributed by atoms with Gasteiger partial charge in [-0.25, -0.2) is 0 Å². The van der Waals surface area contributed by atoms with Crippen molar-refractivity contribution in [1.29, 1.82) is 0 Å². The summed E-state index contributed by atoms with van der Waals surface area (Å²) in [5.41, 5.74) is 3.34. The van der Waals surface area contributed by atoms with E-state index in [2.05, 4.69) is 0 Å². The van der Waals surface area contributed by atoms with Gasteiger partial charge in [0.1, 0.15) is 11.9 Å². The summed E-state index contributed by atoms with van der Waals surface area (Å²) in [7, 11) is 0. The smallest absolute Gasteiger partial charge is 0.416 e. The highest BCUT2D eigenvalue weighted by molar-refractivity contribution is 5.38. The van der Waals surface area contributed by atoms with Crippen LogP contribution < -0.4 is 5.73 Å². The normalized spacial score (nSPS) is 15.6. The first-order valence-corrected chi connectivity index (χ1v) is 4.73. The van der Waals surface area contributed by atoms with Gasteiger partial charge in [-0.15, -0.1) is 0 Å². The van der Waals surface area contributed by atoms with Gasteiger partial charge in [0.2, 0.25) is 0 Å². The van der Waals surface area contributed by atoms with Crippen LogP contribution in [0.15, 0.2) is 18.2 Å². The van der Waals surface area contributed by atoms with E-state index in [0.717, 1.165) is 12.1 Å². The second kappa shape index (κ2) is 4.91. The van der Waals surface area contributed by atoms with E-state index in [1.807, 2.05) is 0 Å². The molecule has 1 rings (SSSR count). The molecule has 7 heteroatoms. The molecular weight excluding hydrogens is 239 g/mol. The van der Waals surface area contributed by atoms with Gasteiger partial charge >= 0.3 is 6.18 Å². The van der Waals surface area contributed by atoms with E-state index in [4.69, 9.17) is 10.8 Å². The van der Waals surface area contributed by atoms with Gasteiger partial charge < -0.3 is 21.1 Å². The van der Waals surface area contributed by atoms with Crippen molar-refractivity contribution in [3.05, 3.63) is 29.3 Å². The number of alkyl halides is 3. The van der Waals surface area contributed by atoms with Gasteiger partial charge in [-0.05, 0) is 17.7 Å². The minimum atomic E-state index is -4.73. The van der Waals surface area contributed by atoms with Gasteiger partial charge in [0, 0.05) is 6.54 Å². The largest absolute Gasteiger partial charge is 0.508 e. The maximum atomic E-state index is 12.6. The van der Waals surface area contributed by atoms with Crippen LogP contribution >= 0.6 is 0 Å². The van der Waals surface area contributed by atoms with E-state index in [0.29, 0.717) is 6.07 Å². The molecule has 0 aliphatic rings. The summed E-state index contributed by atoms with van der Waals surface area (Å²) in [6.07, 6.45) is -7.98. The second-order valence-corrected chi connectivity index (χ2v) is 3.52. The first-order chi connectivity index (χ1) is 7.77. The molecule has 96 valence electrons. The molecule has 0 heterocycles. The van der Waals surface area contributed by atoms with Crippen molar-refractivity contribution in [2.45, 2.75) is 18.4 Å². The molecule has 1 aromatic carbocycles. The number of phenols is 1. The van der Waals surface area contributed by atoms with Crippen LogP contribution in [0.4, 0.5) is 13.2 Å². The van der Waals surface area contributed by atoms with Crippen LogP contribution in [-0.2, 0) is 6.18 Å². The van der Waals surface area contributed by atoms with E-state index in [1.54, 1.807) is 0 Å². The minimum Gasteiger partial charge on any atom is -0.508 e. The first kappa shape index (κ1) is 13.8. The average molecular weight is 251 g/mol. The molecule has 0 saturated heterocycles. The zero-order chi connectivity index (χ0) is 13.2. The summed E-state index contributed by atoms with van der Waals surface area (Å²) in [4.78, 5) is 0. The molecule has 0 aromatic heterocycles. The third-order valence-corrected chi connectivity index (χ3v) is 2.27. The Morgan fingerprint density at radius 3 is 2.29 bits per heavy atom. The highest BCUT2D eigenvalue weighted by atomic mass is 19.4. The molecule has 5 N–H and O–H groups in total. The lowest BCUT2D eigenvalue weighted by atomic mass is 9.98. The van der Waals surface area contributed by atoms with Gasteiger partial charge in [-0.1, -0.05) is 6.07 Å². The molecular formula is C10H12F3NO3. The van der Waals surface area contributed by atoms with Gasteiger partial charge in [0.15, 0.2) is 0 Å². The molecule has 1 aromatic rings. The number of hydrogen-bond donors (Lipinski definition) is 4. The van der Waals surface area contributed by atoms with Crippen molar-refractivity contribution in [1.82, 2.24) is 0 Å². The van der Waals surface area contributed by atoms with Crippen LogP contribution in [0.25, 0.3) is 0 Å². The molecule has 0 aliphatic carbocycles. The molecule has 4 nitrogen and oxygen atoms in total. The molecule has 2 atom stereocenters. The van der Waals surface area contributed by atoms with E-state index in [9.17, 15) is 23.4 Å². The number of benzene rings is 1. The maximum Gasteiger partial charge on any atom is 0.416 e. The molecule has 0 amide bonds. The van der Waals surface area contributed by atoms with Gasteiger partial charge in [0.05, 0.1) is 11.7 Å². The van der Waals surface area contributed by atoms with E-state index < -0.39 is 35.3 Å². The Morgan fingerprint density at radius 1 is 1.24 bits per heavy atom. The molecule has 0 bridgehead atoms. The van der Waals surface area contributed by atoms with Crippen molar-refractivity contribution in [2.24, 2.45) is 5.73 Å². The predicted molar refractivity (Wildman–Crippen MR) is 53.1 cm³/mol. The number of aliphatic hydroxyl groups is 2. The van der Waals surface area contributed by atoms with Crippen LogP contribution in [0, 0.1) is 0 Å². The Bertz CT molecular complexity index is 395. The summed E-state index contributed by atoms with van der Waals surface area (Å²) in [5.74, 6) is -0.574. The Balaban J connectivity index is 3.24. The molecule has 2 unspecified atom stereocenters. The molecule has 0 spiro atoms. The van der Waals surface area contributed by atoms with Crippen LogP contribution in [0.2, 0.25) is 0 Å². The number of phenolic OH excluding ortho intramolecular Hbond substituents is 1. The van der Waals surface area contributed by atoms with Gasteiger partial charge in [-0.3, -0.25) is 0 Å². The third kappa shape index (κ3) is 3.09. The Kier molecular flexibility index (Phi) is 3.97. The van der Waals surface area contributed by atoms with E-state index in [-0.39, 0.29) is 6.54 Å². The van der Waals surface area contributed by atoms with Gasteiger partial charge in [0.25, 0.3) is 0 Å². The highest BCUT2D eigenvalue weighted by Gasteiger charge is 2.36. The summed E-state index contributed by atoms with van der Waals surface area (Å²) in [6.45, 7) is -0.376. The fourth-order valence-electron chi connectivity index (χ4n) is 1.38. The zero-order valence-electron chi connectivity index (χ0n) is 8.65. The van der Waals surface area contributed by atoms with Gasteiger partial charge in [-0.2, -0.15) is 13.2 Å². The summed E-state index contributed by atoms with van der Waals surface area (Å²) >= 11 is 0. The molecule has 0 fully saturated rings. The van der Waals surface area contributed by atoms with Crippen molar-refractivity contribution in [2.75, 3.05) is 6.54 Å². The topological polar surface area (TPSA) is 86.7 Å². The second-order valence-electron chi connectivity index (χ2n) is 3.52. The van der Waals surface area contributed by atoms with Crippen molar-refractivity contribution in [3.63, 3.8) is 0 Å². The molecule has 17 heavy (non-hydrogen) atoms. The predicted octanol–water partition coefficient (Wildman–Crippen LogP) is 0.764. The van der Waals surface area contributed by atoms with Crippen LogP contribution in [0.3, 0.4) is 0 Å². The lowest BCUT2D eigenvalue weighted by Gasteiger charge is -2.21. The number of rotatable bonds is 3. The Hall–Kier alpha value is -1.31. The van der Waals surface area contributed by atoms with Crippen LogP contribution in [0.5, 0.6) is 5.75 Å². The van der Waals surface area contributed by atoms with E-state index in [1.165, 1.54) is 0 Å². The fourth-order valence-corrected chi connectivity index (χ4v) is 1.38. The number of halogens is 3. The SMILES string of the molecule is NCC(O)C(O)c1ccc(O)cc1C(F)(F)F. The van der Waals surface area contributed by atoms with Crippen molar-refractivity contribution < 1.29 is 28.5 Å². The highest BCUT2D eigenvalue weighted by Crippen LogP contribution is 2.37. The van der Waals surface area contributed by atoms with Crippen molar-refractivity contribution in [3.8, 4) is 5.75 Å². The molecule has 0 radical (unpaired) electrons. The monoisotopic (exact) mass is 251 g/mol. The molecule has 0 saturated carbocycles. The number of hydrogen-bond acceptors (Lipinski definition) is 4. The fraction of sp³-hybridized carbons (Fsp3) is 0.400. The Morgan fingerprint density at radius 2 is 1.82 bits per heavy atom. The summed E-state index contributed by atoms with van der Waals surface area (Å²) < 4.78 is 37.9. The van der Waals surface area contributed by atoms with Crippen molar-refractivity contribution >= 4 is 0 Å². The molecule has 0 aliphatic heterocycles. The third-order valence-electron chi connectivity index (χ3n) is 2.27. The zero-order valence-corrected chi connectivity index (χ0v) is 8.65. The number of nitrogens with two attached hydrogens (primary N) is 1. The maximum absolute atomic E-state index is 12.6. The standard InChI is InChI=1S/C10H12F3NO3/c11-10(12,13)7-3-5(15)1-2-6(7)9(17)8(16)4-14/h1-3,8-9,15-17H,4,14H2. The number of aromatic hydroxyl groups is 1. The van der Waals surface area contributed by atoms with Crippen LogP contribution in [-0.4, -0.2) is 28.0 Å². The Labute approximate surface area is 95.1 Å². The van der Waals surface area contributed by atoms with E-state index >= 15 is 0 Å². The lowest BCUT2D eigenvalue weighted by molar-refractivity contribution is -0.140. The minimum absolute atomic E-state index is 0.376. The van der Waals surface area contributed by atoms with Crippen LogP contribution in [0.1, 0.15) is 17.2 Å². The quantitative estimate of drug-likeness (QED) is 0.639. The lowest BCUT2D eigenvalue weighted by Crippen LogP contribution is -2.28. The summed E-state index contributed by atoms with van der Waals surface area (Å²) in [6, 6.07) is 2.39. The first-order valence-electron chi connectivity index (χ1n) is 4.73. The average Bonchev–Trinajstić information content (AvgIpc) is 2.25.